The molecule has 0 unspecified atom stereocenters. The van der Waals surface area contributed by atoms with E-state index in [1.165, 1.54) is 0 Å². The van der Waals surface area contributed by atoms with Crippen LogP contribution in [0.25, 0.3) is 21.9 Å². The fourth-order valence-electron chi connectivity index (χ4n) is 4.10. The van der Waals surface area contributed by atoms with Crippen molar-refractivity contribution in [2.75, 3.05) is 0 Å². The molecule has 1 amide bonds. The zero-order chi connectivity index (χ0) is 23.7. The van der Waals surface area contributed by atoms with Gasteiger partial charge < -0.3 is 8.98 Å². The number of hydrogen-bond donors (Lipinski definition) is 1. The first-order chi connectivity index (χ1) is 16.5. The van der Waals surface area contributed by atoms with Crippen LogP contribution in [-0.4, -0.2) is 16.7 Å². The molecular formula is C27H19ClN4O2. The fraction of sp³-hybridized carbons (Fsp3) is 0.0741. The van der Waals surface area contributed by atoms with Gasteiger partial charge in [-0.25, -0.2) is 5.43 Å². The van der Waals surface area contributed by atoms with Gasteiger partial charge in [-0.05, 0) is 48.9 Å². The highest BCUT2D eigenvalue weighted by molar-refractivity contribution is 6.31. The van der Waals surface area contributed by atoms with Crippen LogP contribution < -0.4 is 5.43 Å². The van der Waals surface area contributed by atoms with E-state index in [4.69, 9.17) is 16.0 Å². The Bertz CT molecular complexity index is 1620. The van der Waals surface area contributed by atoms with Gasteiger partial charge in [-0.15, -0.1) is 0 Å². The molecule has 0 radical (unpaired) electrons. The zero-order valence-electron chi connectivity index (χ0n) is 18.2. The smallest absolute Gasteiger partial charge is 0.307 e. The third kappa shape index (κ3) is 3.94. The molecule has 3 aromatic carbocycles. The highest BCUT2D eigenvalue weighted by Gasteiger charge is 2.15. The van der Waals surface area contributed by atoms with Gasteiger partial charge in [0.25, 0.3) is 0 Å². The summed E-state index contributed by atoms with van der Waals surface area (Å²) in [6.07, 6.45) is 1.64. The van der Waals surface area contributed by atoms with Gasteiger partial charge in [-0.1, -0.05) is 48.0 Å². The Morgan fingerprint density at radius 2 is 1.94 bits per heavy atom. The molecule has 0 bridgehead atoms. The van der Waals surface area contributed by atoms with Crippen LogP contribution in [0.5, 0.6) is 0 Å². The number of carbonyl (C=O) groups excluding carboxylic acids is 1. The molecule has 0 saturated carbocycles. The van der Waals surface area contributed by atoms with Crippen molar-refractivity contribution in [2.24, 2.45) is 5.10 Å². The molecule has 166 valence electrons. The van der Waals surface area contributed by atoms with Gasteiger partial charge in [0, 0.05) is 39.1 Å². The first-order valence-corrected chi connectivity index (χ1v) is 11.0. The van der Waals surface area contributed by atoms with Gasteiger partial charge in [0.2, 0.25) is 0 Å². The number of nitriles is 1. The summed E-state index contributed by atoms with van der Waals surface area (Å²) in [5.41, 5.74) is 7.60. The number of hydrogen-bond acceptors (Lipinski definition) is 4. The van der Waals surface area contributed by atoms with Crippen molar-refractivity contribution in [3.63, 3.8) is 0 Å². The maximum atomic E-state index is 12.6. The van der Waals surface area contributed by atoms with Crippen LogP contribution in [0.15, 0.2) is 82.3 Å². The highest BCUT2D eigenvalue weighted by atomic mass is 35.5. The lowest BCUT2D eigenvalue weighted by atomic mass is 10.1. The number of carbonyl (C=O) groups is 1. The van der Waals surface area contributed by atoms with Crippen LogP contribution in [-0.2, 0) is 6.54 Å². The van der Waals surface area contributed by atoms with Crippen LogP contribution in [0.1, 0.15) is 32.9 Å². The predicted molar refractivity (Wildman–Crippen MR) is 133 cm³/mol. The molecule has 0 spiro atoms. The number of amides is 1. The largest absolute Gasteiger partial charge is 0.451 e. The van der Waals surface area contributed by atoms with Crippen molar-refractivity contribution in [1.29, 1.82) is 5.26 Å². The molecule has 0 aliphatic rings. The lowest BCUT2D eigenvalue weighted by Crippen LogP contribution is -2.16. The quantitative estimate of drug-likeness (QED) is 0.253. The summed E-state index contributed by atoms with van der Waals surface area (Å²) in [4.78, 5) is 12.6. The Hall–Kier alpha value is -4.34. The Balaban J connectivity index is 1.44. The number of hydrazone groups is 1. The minimum Gasteiger partial charge on any atom is -0.451 e. The number of rotatable bonds is 5. The summed E-state index contributed by atoms with van der Waals surface area (Å²) in [7, 11) is 0. The molecule has 0 atom stereocenters. The second kappa shape index (κ2) is 8.89. The predicted octanol–water partition coefficient (Wildman–Crippen LogP) is 6.03. The Morgan fingerprint density at radius 1 is 1.15 bits per heavy atom. The molecule has 34 heavy (non-hydrogen) atoms. The summed E-state index contributed by atoms with van der Waals surface area (Å²) < 4.78 is 7.75. The van der Waals surface area contributed by atoms with E-state index in [-0.39, 0.29) is 5.76 Å². The molecular weight excluding hydrogens is 448 g/mol. The number of benzene rings is 3. The van der Waals surface area contributed by atoms with Gasteiger partial charge in [-0.2, -0.15) is 10.4 Å². The standard InChI is InChI=1S/C27H19ClN4O2/c1-17-23(15-30-31-27(33)26-13-20-12-21(28)10-11-25(20)34-26)22-8-4-5-9-24(22)32(17)16-19-7-3-2-6-18(19)14-29/h2-13,15H,16H2,1H3,(H,31,33)/b30-15+. The minimum absolute atomic E-state index is 0.154. The van der Waals surface area contributed by atoms with Crippen molar-refractivity contribution < 1.29 is 9.21 Å². The van der Waals surface area contributed by atoms with Gasteiger partial charge in [-0.3, -0.25) is 4.79 Å². The van der Waals surface area contributed by atoms with Crippen molar-refractivity contribution in [2.45, 2.75) is 13.5 Å². The lowest BCUT2D eigenvalue weighted by Gasteiger charge is -2.10. The molecule has 0 fully saturated rings. The van der Waals surface area contributed by atoms with Crippen LogP contribution in [0.2, 0.25) is 5.02 Å². The second-order valence-electron chi connectivity index (χ2n) is 7.86. The zero-order valence-corrected chi connectivity index (χ0v) is 19.0. The van der Waals surface area contributed by atoms with E-state index >= 15 is 0 Å². The first-order valence-electron chi connectivity index (χ1n) is 10.6. The summed E-state index contributed by atoms with van der Waals surface area (Å²) >= 11 is 6.01. The maximum Gasteiger partial charge on any atom is 0.307 e. The van der Waals surface area contributed by atoms with E-state index in [9.17, 15) is 10.1 Å². The molecule has 7 heteroatoms. The second-order valence-corrected chi connectivity index (χ2v) is 8.30. The highest BCUT2D eigenvalue weighted by Crippen LogP contribution is 2.26. The van der Waals surface area contributed by atoms with E-state index in [0.717, 1.165) is 33.1 Å². The number of aromatic nitrogens is 1. The van der Waals surface area contributed by atoms with E-state index in [1.807, 2.05) is 55.5 Å². The molecule has 1 N–H and O–H groups in total. The number of nitrogens with one attached hydrogen (secondary N) is 1. The van der Waals surface area contributed by atoms with Gasteiger partial charge in [0.1, 0.15) is 5.58 Å². The number of fused-ring (bicyclic) bond motifs is 2. The minimum atomic E-state index is -0.451. The molecule has 6 nitrogen and oxygen atoms in total. The lowest BCUT2D eigenvalue weighted by molar-refractivity contribution is 0.0929. The summed E-state index contributed by atoms with van der Waals surface area (Å²) in [5, 5.41) is 16.0. The number of nitrogens with zero attached hydrogens (tertiary/aromatic N) is 3. The Labute approximate surface area is 200 Å². The molecule has 5 aromatic rings. The number of furan rings is 1. The van der Waals surface area contributed by atoms with Crippen molar-refractivity contribution in [3.05, 3.63) is 106 Å². The summed E-state index contributed by atoms with van der Waals surface area (Å²) in [6.45, 7) is 2.55. The summed E-state index contributed by atoms with van der Waals surface area (Å²) in [6, 6.07) is 24.6. The summed E-state index contributed by atoms with van der Waals surface area (Å²) in [5.74, 6) is -0.297. The maximum absolute atomic E-state index is 12.6. The van der Waals surface area contributed by atoms with Gasteiger partial charge in [0.15, 0.2) is 5.76 Å². The third-order valence-corrected chi connectivity index (χ3v) is 6.04. The van der Waals surface area contributed by atoms with E-state index in [0.29, 0.717) is 22.7 Å². The molecule has 0 saturated heterocycles. The van der Waals surface area contributed by atoms with E-state index < -0.39 is 5.91 Å². The Morgan fingerprint density at radius 3 is 2.79 bits per heavy atom. The topological polar surface area (TPSA) is 83.3 Å². The molecule has 0 aliphatic carbocycles. The van der Waals surface area contributed by atoms with Crippen LogP contribution in [0.4, 0.5) is 0 Å². The van der Waals surface area contributed by atoms with E-state index in [1.54, 1.807) is 30.5 Å². The molecule has 5 rings (SSSR count). The Kier molecular flexibility index (Phi) is 5.62. The van der Waals surface area contributed by atoms with Crippen molar-refractivity contribution >= 4 is 45.6 Å². The molecule has 2 heterocycles. The van der Waals surface area contributed by atoms with Crippen molar-refractivity contribution in [1.82, 2.24) is 9.99 Å². The molecule has 2 aromatic heterocycles. The fourth-order valence-corrected chi connectivity index (χ4v) is 4.28. The monoisotopic (exact) mass is 466 g/mol. The number of halogens is 1. The number of para-hydroxylation sites is 1. The SMILES string of the molecule is Cc1c(/C=N/NC(=O)c2cc3cc(Cl)ccc3o2)c2ccccc2n1Cc1ccccc1C#N. The average Bonchev–Trinajstić information content (AvgIpc) is 3.39. The van der Waals surface area contributed by atoms with Crippen LogP contribution in [0.3, 0.4) is 0 Å². The van der Waals surface area contributed by atoms with E-state index in [2.05, 4.69) is 21.2 Å². The van der Waals surface area contributed by atoms with Gasteiger partial charge in [0.05, 0.1) is 17.8 Å². The normalized spacial score (nSPS) is 11.3. The van der Waals surface area contributed by atoms with Crippen LogP contribution >= 0.6 is 11.6 Å². The third-order valence-electron chi connectivity index (χ3n) is 5.81. The van der Waals surface area contributed by atoms with Crippen LogP contribution in [0, 0.1) is 18.3 Å². The first kappa shape index (κ1) is 21.5. The average molecular weight is 467 g/mol. The van der Waals surface area contributed by atoms with Crippen molar-refractivity contribution in [3.8, 4) is 6.07 Å². The van der Waals surface area contributed by atoms with Gasteiger partial charge >= 0.3 is 5.91 Å². The molecule has 0 aliphatic heterocycles.